The Labute approximate surface area is 155 Å². The molecule has 0 unspecified atom stereocenters. The summed E-state index contributed by atoms with van der Waals surface area (Å²) in [5.74, 6) is 1.31. The number of piperidine rings is 1. The highest BCUT2D eigenvalue weighted by molar-refractivity contribution is 5.93. The lowest BCUT2D eigenvalue weighted by atomic mass is 9.93. The number of carbonyl (C=O) groups is 1. The summed E-state index contributed by atoms with van der Waals surface area (Å²) >= 11 is 0. The van der Waals surface area contributed by atoms with E-state index >= 15 is 0 Å². The molecule has 9 nitrogen and oxygen atoms in total. The molecule has 0 aliphatic carbocycles. The molecule has 4 rings (SSSR count). The molecule has 140 valence electrons. The van der Waals surface area contributed by atoms with Gasteiger partial charge in [0.15, 0.2) is 0 Å². The average Bonchev–Trinajstić information content (AvgIpc) is 3.28. The molecular formula is C18H21N7O2. The zero-order chi connectivity index (χ0) is 18.8. The average molecular weight is 367 g/mol. The van der Waals surface area contributed by atoms with E-state index in [1.165, 1.54) is 0 Å². The maximum absolute atomic E-state index is 12.5. The third kappa shape index (κ3) is 3.48. The Hall–Kier alpha value is -3.36. The smallest absolute Gasteiger partial charge is 0.347 e. The van der Waals surface area contributed by atoms with Crippen LogP contribution in [-0.2, 0) is 6.42 Å². The number of aromatic amines is 2. The molecule has 0 spiro atoms. The van der Waals surface area contributed by atoms with Gasteiger partial charge in [-0.1, -0.05) is 18.2 Å². The fourth-order valence-corrected chi connectivity index (χ4v) is 3.53. The van der Waals surface area contributed by atoms with E-state index in [9.17, 15) is 9.59 Å². The van der Waals surface area contributed by atoms with Gasteiger partial charge < -0.3 is 10.6 Å². The van der Waals surface area contributed by atoms with Crippen LogP contribution in [-0.4, -0.2) is 48.9 Å². The summed E-state index contributed by atoms with van der Waals surface area (Å²) in [5, 5.41) is 13.2. The summed E-state index contributed by atoms with van der Waals surface area (Å²) in [5.41, 5.74) is 6.55. The Morgan fingerprint density at radius 2 is 1.89 bits per heavy atom. The van der Waals surface area contributed by atoms with E-state index in [-0.39, 0.29) is 11.6 Å². The van der Waals surface area contributed by atoms with Crippen molar-refractivity contribution in [1.29, 1.82) is 0 Å². The summed E-state index contributed by atoms with van der Waals surface area (Å²) < 4.78 is 1.62. The number of H-pyrrole nitrogens is 2. The Morgan fingerprint density at radius 3 is 2.56 bits per heavy atom. The van der Waals surface area contributed by atoms with Crippen LogP contribution in [0.4, 0.5) is 5.82 Å². The fraction of sp³-hybridized carbons (Fsp3) is 0.333. The number of carbonyl (C=O) groups excluding carboxylic acids is 1. The van der Waals surface area contributed by atoms with Crippen LogP contribution in [0.1, 0.15) is 29.2 Å². The highest BCUT2D eigenvalue weighted by Gasteiger charge is 2.26. The van der Waals surface area contributed by atoms with Gasteiger partial charge in [0.05, 0.1) is 5.69 Å². The molecule has 9 heteroatoms. The van der Waals surface area contributed by atoms with E-state index in [1.807, 2.05) is 30.3 Å². The van der Waals surface area contributed by atoms with E-state index in [1.54, 1.807) is 15.5 Å². The molecule has 0 saturated carbocycles. The highest BCUT2D eigenvalue weighted by Crippen LogP contribution is 2.22. The molecule has 27 heavy (non-hydrogen) atoms. The summed E-state index contributed by atoms with van der Waals surface area (Å²) in [4.78, 5) is 26.4. The van der Waals surface area contributed by atoms with Crippen molar-refractivity contribution in [2.75, 3.05) is 18.8 Å². The number of hydrogen-bond acceptors (Lipinski definition) is 5. The fourth-order valence-electron chi connectivity index (χ4n) is 3.53. The second kappa shape index (κ2) is 7.10. The van der Waals surface area contributed by atoms with Gasteiger partial charge >= 0.3 is 5.69 Å². The van der Waals surface area contributed by atoms with Crippen molar-refractivity contribution in [3.8, 4) is 5.69 Å². The van der Waals surface area contributed by atoms with Gasteiger partial charge in [-0.3, -0.25) is 9.89 Å². The van der Waals surface area contributed by atoms with E-state index in [0.717, 1.165) is 24.4 Å². The molecule has 1 aromatic carbocycles. The predicted octanol–water partition coefficient (Wildman–Crippen LogP) is 0.961. The molecule has 3 heterocycles. The first-order valence-corrected chi connectivity index (χ1v) is 8.93. The van der Waals surface area contributed by atoms with Gasteiger partial charge in [0.2, 0.25) is 0 Å². The van der Waals surface area contributed by atoms with Gasteiger partial charge in [-0.25, -0.2) is 14.5 Å². The van der Waals surface area contributed by atoms with Crippen molar-refractivity contribution in [1.82, 2.24) is 29.9 Å². The Kier molecular flexibility index (Phi) is 4.49. The first kappa shape index (κ1) is 17.1. The van der Waals surface area contributed by atoms with Crippen molar-refractivity contribution >= 4 is 11.7 Å². The first-order valence-electron chi connectivity index (χ1n) is 8.93. The summed E-state index contributed by atoms with van der Waals surface area (Å²) in [6.45, 7) is 1.31. The molecule has 1 saturated heterocycles. The summed E-state index contributed by atoms with van der Waals surface area (Å²) in [6, 6.07) is 11.0. The Morgan fingerprint density at radius 1 is 1.15 bits per heavy atom. The minimum absolute atomic E-state index is 0.0846. The summed E-state index contributed by atoms with van der Waals surface area (Å²) in [6.07, 6.45) is 2.39. The third-order valence-corrected chi connectivity index (χ3v) is 4.96. The molecule has 1 aliphatic heterocycles. The van der Waals surface area contributed by atoms with E-state index < -0.39 is 0 Å². The molecule has 0 bridgehead atoms. The Bertz CT molecular complexity index is 981. The van der Waals surface area contributed by atoms with Crippen LogP contribution in [0.5, 0.6) is 0 Å². The molecule has 1 aliphatic rings. The number of nitrogen functional groups attached to an aromatic ring is 1. The minimum Gasteiger partial charge on any atom is -0.382 e. The molecule has 3 aromatic rings. The lowest BCUT2D eigenvalue weighted by molar-refractivity contribution is 0.0683. The molecule has 0 atom stereocenters. The van der Waals surface area contributed by atoms with Crippen LogP contribution in [0, 0.1) is 5.92 Å². The zero-order valence-corrected chi connectivity index (χ0v) is 14.8. The number of benzene rings is 1. The van der Waals surface area contributed by atoms with Gasteiger partial charge in [-0.2, -0.15) is 10.2 Å². The largest absolute Gasteiger partial charge is 0.382 e. The number of rotatable bonds is 4. The molecule has 4 N–H and O–H groups in total. The van der Waals surface area contributed by atoms with Crippen molar-refractivity contribution < 1.29 is 4.79 Å². The number of likely N-dealkylation sites (tertiary alicyclic amines) is 1. The number of hydrogen-bond donors (Lipinski definition) is 3. The van der Waals surface area contributed by atoms with Crippen LogP contribution in [0.2, 0.25) is 0 Å². The van der Waals surface area contributed by atoms with E-state index in [0.29, 0.717) is 36.9 Å². The van der Waals surface area contributed by atoms with Crippen molar-refractivity contribution in [2.24, 2.45) is 5.92 Å². The van der Waals surface area contributed by atoms with Crippen LogP contribution in [0.3, 0.4) is 0 Å². The lowest BCUT2D eigenvalue weighted by Gasteiger charge is -2.31. The highest BCUT2D eigenvalue weighted by atomic mass is 16.2. The standard InChI is InChI=1S/C18H21N7O2/c19-15-11-14(20-21-15)17(26)24-8-6-12(7-9-24)10-16-22-23-18(27)25(16)13-4-2-1-3-5-13/h1-5,11-12H,6-10H2,(H,23,27)(H3,19,20,21). The molecule has 1 amide bonds. The zero-order valence-electron chi connectivity index (χ0n) is 14.8. The monoisotopic (exact) mass is 367 g/mol. The lowest BCUT2D eigenvalue weighted by Crippen LogP contribution is -2.39. The van der Waals surface area contributed by atoms with Gasteiger partial charge in [0, 0.05) is 25.6 Å². The number of para-hydroxylation sites is 1. The van der Waals surface area contributed by atoms with Crippen molar-refractivity contribution in [2.45, 2.75) is 19.3 Å². The second-order valence-electron chi connectivity index (χ2n) is 6.76. The maximum Gasteiger partial charge on any atom is 0.347 e. The van der Waals surface area contributed by atoms with Gasteiger partial charge in [0.25, 0.3) is 5.91 Å². The van der Waals surface area contributed by atoms with E-state index in [4.69, 9.17) is 5.73 Å². The van der Waals surface area contributed by atoms with Crippen LogP contribution >= 0.6 is 0 Å². The number of amides is 1. The van der Waals surface area contributed by atoms with Gasteiger partial charge in [-0.05, 0) is 30.9 Å². The SMILES string of the molecule is Nc1cc(C(=O)N2CCC(Cc3n[nH]c(=O)n3-c3ccccc3)CC2)[nH]n1. The maximum atomic E-state index is 12.5. The number of nitrogens with one attached hydrogen (secondary N) is 2. The molecule has 2 aromatic heterocycles. The third-order valence-electron chi connectivity index (χ3n) is 4.96. The predicted molar refractivity (Wildman–Crippen MR) is 99.5 cm³/mol. The minimum atomic E-state index is -0.236. The number of nitrogens with two attached hydrogens (primary N) is 1. The normalized spacial score (nSPS) is 15.2. The molecule has 0 radical (unpaired) electrons. The summed E-state index contributed by atoms with van der Waals surface area (Å²) in [7, 11) is 0. The first-order chi connectivity index (χ1) is 13.1. The van der Waals surface area contributed by atoms with E-state index in [2.05, 4.69) is 20.4 Å². The quantitative estimate of drug-likeness (QED) is 0.633. The molecular weight excluding hydrogens is 346 g/mol. The second-order valence-corrected chi connectivity index (χ2v) is 6.76. The van der Waals surface area contributed by atoms with Crippen LogP contribution < -0.4 is 11.4 Å². The number of aromatic nitrogens is 5. The van der Waals surface area contributed by atoms with Crippen LogP contribution in [0.15, 0.2) is 41.2 Å². The van der Waals surface area contributed by atoms with Crippen LogP contribution in [0.25, 0.3) is 5.69 Å². The Balaban J connectivity index is 1.42. The van der Waals surface area contributed by atoms with Crippen molar-refractivity contribution in [3.63, 3.8) is 0 Å². The van der Waals surface area contributed by atoms with Gasteiger partial charge in [-0.15, -0.1) is 0 Å². The molecule has 1 fully saturated rings. The number of nitrogens with zero attached hydrogens (tertiary/aromatic N) is 4. The van der Waals surface area contributed by atoms with Crippen molar-refractivity contribution in [3.05, 3.63) is 58.4 Å². The number of anilines is 1. The topological polar surface area (TPSA) is 126 Å². The van der Waals surface area contributed by atoms with Gasteiger partial charge in [0.1, 0.15) is 17.3 Å².